The molecule has 2 amide bonds. The fourth-order valence-corrected chi connectivity index (χ4v) is 4.24. The smallest absolute Gasteiger partial charge is 0.312 e. The van der Waals surface area contributed by atoms with E-state index in [0.29, 0.717) is 59.7 Å². The highest BCUT2D eigenvalue weighted by Crippen LogP contribution is 2.38. The second-order valence-electron chi connectivity index (χ2n) is 9.82. The van der Waals surface area contributed by atoms with Crippen molar-refractivity contribution in [2.75, 3.05) is 13.7 Å². The Labute approximate surface area is 221 Å². The van der Waals surface area contributed by atoms with Gasteiger partial charge in [0.2, 0.25) is 0 Å². The predicted molar refractivity (Wildman–Crippen MR) is 145 cm³/mol. The van der Waals surface area contributed by atoms with Crippen molar-refractivity contribution in [1.29, 1.82) is 0 Å². The molecule has 4 aromatic rings. The number of nitrogens with two attached hydrogens (primary N) is 1. The molecule has 0 bridgehead atoms. The lowest BCUT2D eigenvalue weighted by atomic mass is 9.82. The van der Waals surface area contributed by atoms with Crippen LogP contribution in [0.25, 0.3) is 10.9 Å². The van der Waals surface area contributed by atoms with Gasteiger partial charge in [0, 0.05) is 24.2 Å². The van der Waals surface area contributed by atoms with Crippen molar-refractivity contribution in [1.82, 2.24) is 10.3 Å². The van der Waals surface area contributed by atoms with Crippen LogP contribution in [0, 0.1) is 11.2 Å². The number of amides is 2. The highest BCUT2D eigenvalue weighted by molar-refractivity contribution is 5.88. The number of benzene rings is 3. The lowest BCUT2D eigenvalue weighted by molar-refractivity contribution is 0.245. The molecule has 0 aliphatic carbocycles. The number of fused-ring (bicyclic) bond motifs is 1. The summed E-state index contributed by atoms with van der Waals surface area (Å²) in [5, 5.41) is 3.25. The molecule has 0 saturated carbocycles. The first kappa shape index (κ1) is 26.7. The zero-order valence-corrected chi connectivity index (χ0v) is 21.8. The van der Waals surface area contributed by atoms with Crippen molar-refractivity contribution in [3.8, 4) is 23.0 Å². The Balaban J connectivity index is 1.56. The zero-order valence-electron chi connectivity index (χ0n) is 21.8. The van der Waals surface area contributed by atoms with Crippen LogP contribution in [0.3, 0.4) is 0 Å². The van der Waals surface area contributed by atoms with E-state index in [1.54, 1.807) is 49.7 Å². The number of aromatic nitrogens is 1. The number of nitrogens with one attached hydrogen (secondary N) is 1. The quantitative estimate of drug-likeness (QED) is 0.241. The molecule has 3 N–H and O–H groups in total. The van der Waals surface area contributed by atoms with Gasteiger partial charge in [-0.2, -0.15) is 0 Å². The maximum absolute atomic E-state index is 15.5. The minimum absolute atomic E-state index is 0.115. The number of pyridine rings is 1. The summed E-state index contributed by atoms with van der Waals surface area (Å²) in [5.74, 6) is 1.21. The van der Waals surface area contributed by atoms with Crippen LogP contribution in [0.4, 0.5) is 9.18 Å². The number of carbonyl (C=O) groups excluding carboxylic acids is 1. The molecular weight excluding hydrogens is 485 g/mol. The maximum atomic E-state index is 15.5. The van der Waals surface area contributed by atoms with Crippen molar-refractivity contribution in [2.24, 2.45) is 11.1 Å². The summed E-state index contributed by atoms with van der Waals surface area (Å²) in [5.41, 5.74) is 7.07. The molecule has 4 rings (SSSR count). The average Bonchev–Trinajstić information content (AvgIpc) is 2.89. The number of urea groups is 1. The molecule has 7 nitrogen and oxygen atoms in total. The molecule has 0 aliphatic heterocycles. The number of primary amides is 1. The van der Waals surface area contributed by atoms with Gasteiger partial charge < -0.3 is 25.3 Å². The second-order valence-corrected chi connectivity index (χ2v) is 9.82. The summed E-state index contributed by atoms with van der Waals surface area (Å²) >= 11 is 0. The summed E-state index contributed by atoms with van der Waals surface area (Å²) in [7, 11) is 1.57. The first-order valence-corrected chi connectivity index (χ1v) is 12.4. The van der Waals surface area contributed by atoms with Crippen molar-refractivity contribution in [3.05, 3.63) is 89.9 Å². The van der Waals surface area contributed by atoms with E-state index in [2.05, 4.69) is 10.3 Å². The minimum Gasteiger partial charge on any atom is -0.493 e. The number of halogens is 1. The van der Waals surface area contributed by atoms with Gasteiger partial charge in [0.05, 0.1) is 12.6 Å². The van der Waals surface area contributed by atoms with Gasteiger partial charge in [-0.05, 0) is 47.6 Å². The summed E-state index contributed by atoms with van der Waals surface area (Å²) < 4.78 is 33.2. The van der Waals surface area contributed by atoms with E-state index in [1.807, 2.05) is 44.2 Å². The molecule has 38 heavy (non-hydrogen) atoms. The SMILES string of the molecule is COc1cc2c(Oc3cccc(CC(C)(C)CCNC(N)=O)c3F)ccnc2cc1OCc1ccccc1. The molecule has 0 atom stereocenters. The number of methoxy groups -OCH3 is 1. The molecule has 8 heteroatoms. The molecule has 0 unspecified atom stereocenters. The standard InChI is InChI=1S/C30H32FN3O4/c1-30(2,13-15-34-29(32)35)18-21-10-7-11-25(28(21)31)38-24-12-14-33-23-17-27(26(36-3)16-22(23)24)37-19-20-8-5-4-6-9-20/h4-12,14,16-17H,13,15,18-19H2,1-3H3,(H3,32,34,35). The van der Waals surface area contributed by atoms with Gasteiger partial charge in [-0.15, -0.1) is 0 Å². The number of rotatable bonds is 11. The number of hydrogen-bond donors (Lipinski definition) is 2. The Morgan fingerprint density at radius 1 is 1.00 bits per heavy atom. The van der Waals surface area contributed by atoms with Gasteiger partial charge in [0.1, 0.15) is 12.4 Å². The third kappa shape index (κ3) is 6.70. The van der Waals surface area contributed by atoms with E-state index in [-0.39, 0.29) is 11.2 Å². The first-order valence-electron chi connectivity index (χ1n) is 12.4. The molecule has 1 heterocycles. The highest BCUT2D eigenvalue weighted by Gasteiger charge is 2.22. The largest absolute Gasteiger partial charge is 0.493 e. The minimum atomic E-state index is -0.571. The van der Waals surface area contributed by atoms with Crippen LogP contribution >= 0.6 is 0 Å². The van der Waals surface area contributed by atoms with Crippen LogP contribution in [0.5, 0.6) is 23.0 Å². The molecule has 0 saturated heterocycles. The fraction of sp³-hybridized carbons (Fsp3) is 0.267. The Hall–Kier alpha value is -4.33. The summed E-state index contributed by atoms with van der Waals surface area (Å²) in [6, 6.07) is 19.6. The molecular formula is C30H32FN3O4. The lowest BCUT2D eigenvalue weighted by Gasteiger charge is -2.25. The Morgan fingerprint density at radius 2 is 1.79 bits per heavy atom. The van der Waals surface area contributed by atoms with Crippen molar-refractivity contribution >= 4 is 16.9 Å². The third-order valence-electron chi connectivity index (χ3n) is 6.26. The van der Waals surface area contributed by atoms with Crippen LogP contribution in [0.1, 0.15) is 31.4 Å². The van der Waals surface area contributed by atoms with E-state index in [1.165, 1.54) is 0 Å². The fourth-order valence-electron chi connectivity index (χ4n) is 4.24. The van der Waals surface area contributed by atoms with Gasteiger partial charge in [-0.3, -0.25) is 4.98 Å². The van der Waals surface area contributed by atoms with Gasteiger partial charge in [0.25, 0.3) is 0 Å². The van der Waals surface area contributed by atoms with E-state index < -0.39 is 11.8 Å². The molecule has 0 fully saturated rings. The predicted octanol–water partition coefficient (Wildman–Crippen LogP) is 6.38. The van der Waals surface area contributed by atoms with Gasteiger partial charge in [-0.25, -0.2) is 9.18 Å². The molecule has 198 valence electrons. The average molecular weight is 518 g/mol. The van der Waals surface area contributed by atoms with E-state index in [0.717, 1.165) is 5.56 Å². The van der Waals surface area contributed by atoms with Crippen LogP contribution in [-0.2, 0) is 13.0 Å². The Morgan fingerprint density at radius 3 is 2.53 bits per heavy atom. The molecule has 0 aliphatic rings. The zero-order chi connectivity index (χ0) is 27.1. The first-order chi connectivity index (χ1) is 18.3. The van der Waals surface area contributed by atoms with E-state index >= 15 is 4.39 Å². The topological polar surface area (TPSA) is 95.7 Å². The van der Waals surface area contributed by atoms with Crippen molar-refractivity contribution < 1.29 is 23.4 Å². The molecule has 0 radical (unpaired) electrons. The normalized spacial score (nSPS) is 11.3. The highest BCUT2D eigenvalue weighted by atomic mass is 19.1. The molecule has 1 aromatic heterocycles. The maximum Gasteiger partial charge on any atom is 0.312 e. The Bertz CT molecular complexity index is 1410. The Kier molecular flexibility index (Phi) is 8.31. The summed E-state index contributed by atoms with van der Waals surface area (Å²) in [4.78, 5) is 15.4. The number of hydrogen-bond acceptors (Lipinski definition) is 5. The summed E-state index contributed by atoms with van der Waals surface area (Å²) in [6.07, 6.45) is 2.72. The van der Waals surface area contributed by atoms with E-state index in [4.69, 9.17) is 19.9 Å². The van der Waals surface area contributed by atoms with Crippen LogP contribution in [0.15, 0.2) is 72.9 Å². The summed E-state index contributed by atoms with van der Waals surface area (Å²) in [6.45, 7) is 4.83. The lowest BCUT2D eigenvalue weighted by Crippen LogP contribution is -2.33. The number of nitrogens with zero attached hydrogens (tertiary/aromatic N) is 1. The number of carbonyl (C=O) groups is 1. The number of ether oxygens (including phenoxy) is 3. The van der Waals surface area contributed by atoms with Crippen molar-refractivity contribution in [3.63, 3.8) is 0 Å². The molecule has 0 spiro atoms. The monoisotopic (exact) mass is 517 g/mol. The van der Waals surface area contributed by atoms with Crippen LogP contribution in [-0.4, -0.2) is 24.7 Å². The van der Waals surface area contributed by atoms with E-state index in [9.17, 15) is 4.79 Å². The van der Waals surface area contributed by atoms with Crippen LogP contribution in [0.2, 0.25) is 0 Å². The van der Waals surface area contributed by atoms with Gasteiger partial charge in [-0.1, -0.05) is 56.3 Å². The van der Waals surface area contributed by atoms with Crippen LogP contribution < -0.4 is 25.3 Å². The molecule has 3 aromatic carbocycles. The van der Waals surface area contributed by atoms with Gasteiger partial charge >= 0.3 is 6.03 Å². The third-order valence-corrected chi connectivity index (χ3v) is 6.26. The second kappa shape index (κ2) is 11.8. The van der Waals surface area contributed by atoms with Gasteiger partial charge in [0.15, 0.2) is 23.1 Å². The van der Waals surface area contributed by atoms with Crippen molar-refractivity contribution in [2.45, 2.75) is 33.3 Å².